The Labute approximate surface area is 144 Å². The third kappa shape index (κ3) is 3.90. The molecular formula is C17H20N4O4. The molecule has 0 spiro atoms. The van der Waals surface area contributed by atoms with Gasteiger partial charge in [-0.05, 0) is 37.5 Å². The lowest BCUT2D eigenvalue weighted by Crippen LogP contribution is -2.30. The number of aromatic amines is 1. The van der Waals surface area contributed by atoms with Crippen molar-refractivity contribution in [3.05, 3.63) is 56.3 Å². The van der Waals surface area contributed by atoms with Crippen LogP contribution in [0, 0.1) is 6.92 Å². The number of amides is 1. The number of pyridine rings is 1. The Bertz CT molecular complexity index is 873. The van der Waals surface area contributed by atoms with Crippen LogP contribution in [0.2, 0.25) is 0 Å². The molecule has 1 amide bonds. The maximum atomic E-state index is 12.3. The van der Waals surface area contributed by atoms with Crippen molar-refractivity contribution in [2.75, 3.05) is 0 Å². The molecular weight excluding hydrogens is 324 g/mol. The first-order valence-electron chi connectivity index (χ1n) is 7.97. The molecule has 2 aromatic rings. The minimum atomic E-state index is -1.10. The minimum Gasteiger partial charge on any atom is -0.478 e. The predicted molar refractivity (Wildman–Crippen MR) is 90.7 cm³/mol. The number of H-pyrrole nitrogens is 1. The Morgan fingerprint density at radius 2 is 1.92 bits per heavy atom. The van der Waals surface area contributed by atoms with Gasteiger partial charge in [-0.3, -0.25) is 9.59 Å². The first kappa shape index (κ1) is 18.3. The highest BCUT2D eigenvalue weighted by atomic mass is 16.4. The molecule has 132 valence electrons. The lowest BCUT2D eigenvalue weighted by Gasteiger charge is -2.11. The summed E-state index contributed by atoms with van der Waals surface area (Å²) >= 11 is 0. The fourth-order valence-electron chi connectivity index (χ4n) is 2.63. The minimum absolute atomic E-state index is 0.0444. The van der Waals surface area contributed by atoms with Crippen molar-refractivity contribution >= 4 is 11.9 Å². The molecule has 0 aliphatic carbocycles. The van der Waals surface area contributed by atoms with Crippen LogP contribution in [0.4, 0.5) is 0 Å². The maximum Gasteiger partial charge on any atom is 0.337 e. The average molecular weight is 344 g/mol. The van der Waals surface area contributed by atoms with E-state index < -0.39 is 11.9 Å². The van der Waals surface area contributed by atoms with E-state index in [0.29, 0.717) is 18.4 Å². The van der Waals surface area contributed by atoms with Gasteiger partial charge >= 0.3 is 5.97 Å². The van der Waals surface area contributed by atoms with Gasteiger partial charge in [0, 0.05) is 12.1 Å². The quantitative estimate of drug-likeness (QED) is 0.724. The number of nitrogens with one attached hydrogen (secondary N) is 2. The SMILES string of the molecule is CCc1n[nH]c(=O)c(CNC(=O)c2ccc(C(=O)O)c(C)n2)c1CC. The molecule has 2 aromatic heterocycles. The number of rotatable bonds is 6. The summed E-state index contributed by atoms with van der Waals surface area (Å²) in [6.45, 7) is 5.44. The van der Waals surface area contributed by atoms with Crippen LogP contribution in [0.5, 0.6) is 0 Å². The molecule has 8 nitrogen and oxygen atoms in total. The molecule has 0 saturated carbocycles. The van der Waals surface area contributed by atoms with Crippen LogP contribution in [0.15, 0.2) is 16.9 Å². The number of carboxylic acids is 1. The van der Waals surface area contributed by atoms with E-state index in [4.69, 9.17) is 5.11 Å². The summed E-state index contributed by atoms with van der Waals surface area (Å²) in [6.07, 6.45) is 1.31. The lowest BCUT2D eigenvalue weighted by atomic mass is 10.0. The highest BCUT2D eigenvalue weighted by Crippen LogP contribution is 2.11. The second-order valence-corrected chi connectivity index (χ2v) is 5.48. The maximum absolute atomic E-state index is 12.3. The second-order valence-electron chi connectivity index (χ2n) is 5.48. The number of hydrogen-bond donors (Lipinski definition) is 3. The summed E-state index contributed by atoms with van der Waals surface area (Å²) in [4.78, 5) is 39.3. The first-order valence-corrected chi connectivity index (χ1v) is 7.97. The molecule has 0 aliphatic rings. The molecule has 0 saturated heterocycles. The Hall–Kier alpha value is -3.03. The normalized spacial score (nSPS) is 10.5. The Morgan fingerprint density at radius 3 is 2.48 bits per heavy atom. The van der Waals surface area contributed by atoms with Gasteiger partial charge < -0.3 is 10.4 Å². The zero-order valence-corrected chi connectivity index (χ0v) is 14.3. The fraction of sp³-hybridized carbons (Fsp3) is 0.353. The first-order chi connectivity index (χ1) is 11.9. The van der Waals surface area contributed by atoms with Crippen LogP contribution >= 0.6 is 0 Å². The molecule has 0 aromatic carbocycles. The van der Waals surface area contributed by atoms with Gasteiger partial charge in [0.25, 0.3) is 11.5 Å². The van der Waals surface area contributed by atoms with Gasteiger partial charge in [-0.2, -0.15) is 5.10 Å². The van der Waals surface area contributed by atoms with Crippen molar-refractivity contribution in [2.45, 2.75) is 40.2 Å². The summed E-state index contributed by atoms with van der Waals surface area (Å²) < 4.78 is 0. The summed E-state index contributed by atoms with van der Waals surface area (Å²) in [5.74, 6) is -1.57. The van der Waals surface area contributed by atoms with Crippen LogP contribution < -0.4 is 10.9 Å². The van der Waals surface area contributed by atoms with Crippen molar-refractivity contribution in [3.63, 3.8) is 0 Å². The number of nitrogens with zero attached hydrogens (tertiary/aromatic N) is 2. The third-order valence-electron chi connectivity index (χ3n) is 3.94. The van der Waals surface area contributed by atoms with Gasteiger partial charge in [-0.15, -0.1) is 0 Å². The number of aryl methyl sites for hydroxylation is 2. The number of aromatic carboxylic acids is 1. The van der Waals surface area contributed by atoms with E-state index in [9.17, 15) is 14.4 Å². The third-order valence-corrected chi connectivity index (χ3v) is 3.94. The van der Waals surface area contributed by atoms with Crippen LogP contribution in [-0.4, -0.2) is 32.2 Å². The lowest BCUT2D eigenvalue weighted by molar-refractivity contribution is 0.0694. The largest absolute Gasteiger partial charge is 0.478 e. The van der Waals surface area contributed by atoms with Crippen LogP contribution in [0.1, 0.15) is 57.2 Å². The smallest absolute Gasteiger partial charge is 0.337 e. The average Bonchev–Trinajstić information content (AvgIpc) is 2.59. The zero-order valence-electron chi connectivity index (χ0n) is 14.3. The molecule has 8 heteroatoms. The van der Waals surface area contributed by atoms with Crippen molar-refractivity contribution < 1.29 is 14.7 Å². The van der Waals surface area contributed by atoms with Crippen LogP contribution in [0.3, 0.4) is 0 Å². The van der Waals surface area contributed by atoms with Gasteiger partial charge in [0.05, 0.1) is 17.0 Å². The predicted octanol–water partition coefficient (Wildman–Crippen LogP) is 1.23. The summed E-state index contributed by atoms with van der Waals surface area (Å²) in [5, 5.41) is 18.1. The van der Waals surface area contributed by atoms with Gasteiger partial charge in [0.1, 0.15) is 5.69 Å². The number of hydrogen-bond acceptors (Lipinski definition) is 5. The topological polar surface area (TPSA) is 125 Å². The monoisotopic (exact) mass is 344 g/mol. The molecule has 2 rings (SSSR count). The Morgan fingerprint density at radius 1 is 1.20 bits per heavy atom. The van der Waals surface area contributed by atoms with Gasteiger partial charge in [-0.1, -0.05) is 13.8 Å². The highest BCUT2D eigenvalue weighted by Gasteiger charge is 2.16. The molecule has 25 heavy (non-hydrogen) atoms. The van der Waals surface area contributed by atoms with E-state index in [2.05, 4.69) is 20.5 Å². The van der Waals surface area contributed by atoms with Gasteiger partial charge in [0.2, 0.25) is 0 Å². The van der Waals surface area contributed by atoms with E-state index in [1.54, 1.807) is 0 Å². The van der Waals surface area contributed by atoms with Crippen molar-refractivity contribution in [2.24, 2.45) is 0 Å². The van der Waals surface area contributed by atoms with Crippen molar-refractivity contribution in [1.82, 2.24) is 20.5 Å². The number of carboxylic acid groups (broad SMARTS) is 1. The van der Waals surface area contributed by atoms with Crippen LogP contribution in [-0.2, 0) is 19.4 Å². The molecule has 0 atom stereocenters. The molecule has 3 N–H and O–H groups in total. The van der Waals surface area contributed by atoms with E-state index in [-0.39, 0.29) is 29.1 Å². The molecule has 0 bridgehead atoms. The van der Waals surface area contributed by atoms with Crippen molar-refractivity contribution in [3.8, 4) is 0 Å². The van der Waals surface area contributed by atoms with E-state index in [1.165, 1.54) is 19.1 Å². The molecule has 0 unspecified atom stereocenters. The highest BCUT2D eigenvalue weighted by molar-refractivity contribution is 5.94. The standard InChI is InChI=1S/C17H20N4O4/c1-4-10-12(15(22)21-20-13(10)5-2)8-18-16(23)14-7-6-11(17(24)25)9(3)19-14/h6-7H,4-5,8H2,1-3H3,(H,18,23)(H,21,22)(H,24,25). The van der Waals surface area contributed by atoms with E-state index >= 15 is 0 Å². The van der Waals surface area contributed by atoms with Gasteiger partial charge in [-0.25, -0.2) is 14.9 Å². The van der Waals surface area contributed by atoms with Crippen molar-refractivity contribution in [1.29, 1.82) is 0 Å². The molecule has 0 aliphatic heterocycles. The second kappa shape index (κ2) is 7.69. The Balaban J connectivity index is 2.22. The molecule has 0 fully saturated rings. The van der Waals surface area contributed by atoms with E-state index in [0.717, 1.165) is 11.3 Å². The zero-order chi connectivity index (χ0) is 18.6. The van der Waals surface area contributed by atoms with E-state index in [1.807, 2.05) is 13.8 Å². The Kier molecular flexibility index (Phi) is 5.63. The molecule has 2 heterocycles. The molecule has 0 radical (unpaired) electrons. The number of carbonyl (C=O) groups is 2. The summed E-state index contributed by atoms with van der Waals surface area (Å²) in [7, 11) is 0. The summed E-state index contributed by atoms with van der Waals surface area (Å²) in [5.41, 5.74) is 2.17. The fourth-order valence-corrected chi connectivity index (χ4v) is 2.63. The van der Waals surface area contributed by atoms with Gasteiger partial charge in [0.15, 0.2) is 0 Å². The summed E-state index contributed by atoms with van der Waals surface area (Å²) in [6, 6.07) is 2.69. The number of aromatic nitrogens is 3. The van der Waals surface area contributed by atoms with Crippen LogP contribution in [0.25, 0.3) is 0 Å². The number of carbonyl (C=O) groups excluding carboxylic acids is 1.